The van der Waals surface area contributed by atoms with Crippen molar-refractivity contribution in [3.8, 4) is 29.1 Å². The summed E-state index contributed by atoms with van der Waals surface area (Å²) in [6, 6.07) is 11.1. The number of Topliss-reactive ketones (excluding diaryl/α,β-unsaturated/α-hetero) is 1. The molecule has 2 heterocycles. The summed E-state index contributed by atoms with van der Waals surface area (Å²) in [6.07, 6.45) is 0.386. The fourth-order valence-corrected chi connectivity index (χ4v) is 3.64. The molecular weight excluding hydrogens is 412 g/mol. The van der Waals surface area contributed by atoms with E-state index in [9.17, 15) is 19.8 Å². The van der Waals surface area contributed by atoms with Crippen LogP contribution in [0.15, 0.2) is 48.7 Å². The van der Waals surface area contributed by atoms with Crippen molar-refractivity contribution in [2.45, 2.75) is 12.0 Å². The predicted molar refractivity (Wildman–Crippen MR) is 116 cm³/mol. The maximum absolute atomic E-state index is 13.2. The molecule has 0 spiro atoms. The number of benzene rings is 2. The quantitative estimate of drug-likeness (QED) is 0.280. The van der Waals surface area contributed by atoms with Crippen molar-refractivity contribution in [1.29, 1.82) is 0 Å². The lowest BCUT2D eigenvalue weighted by atomic mass is 9.90. The number of aromatic nitrogens is 1. The van der Waals surface area contributed by atoms with Crippen LogP contribution in [0.5, 0.6) is 17.2 Å². The van der Waals surface area contributed by atoms with Crippen molar-refractivity contribution in [2.24, 2.45) is 0 Å². The summed E-state index contributed by atoms with van der Waals surface area (Å²) >= 11 is 0. The summed E-state index contributed by atoms with van der Waals surface area (Å²) in [6.45, 7) is 0. The number of nitrogens with one attached hydrogen (secondary N) is 2. The fourth-order valence-electron chi connectivity index (χ4n) is 3.64. The second-order valence-electron chi connectivity index (χ2n) is 7.08. The highest BCUT2D eigenvalue weighted by Gasteiger charge is 2.40. The Bertz CT molecular complexity index is 1270. The summed E-state index contributed by atoms with van der Waals surface area (Å²) in [7, 11) is 2.85. The average molecular weight is 432 g/mol. The maximum Gasteiger partial charge on any atom is 0.240 e. The normalized spacial score (nSPS) is 15.2. The van der Waals surface area contributed by atoms with Crippen LogP contribution in [0.1, 0.15) is 39.2 Å². The number of fused-ring (bicyclic) bond motifs is 1. The van der Waals surface area contributed by atoms with E-state index in [1.165, 1.54) is 32.4 Å². The smallest absolute Gasteiger partial charge is 0.240 e. The third-order valence-electron chi connectivity index (χ3n) is 5.22. The van der Waals surface area contributed by atoms with Gasteiger partial charge in [-0.05, 0) is 35.9 Å². The van der Waals surface area contributed by atoms with E-state index in [1.807, 2.05) is 0 Å². The monoisotopic (exact) mass is 432 g/mol. The van der Waals surface area contributed by atoms with Crippen LogP contribution >= 0.6 is 0 Å². The molecule has 0 saturated heterocycles. The molecule has 0 radical (unpaired) electrons. The van der Waals surface area contributed by atoms with Gasteiger partial charge in [-0.3, -0.25) is 9.59 Å². The van der Waals surface area contributed by atoms with Gasteiger partial charge >= 0.3 is 0 Å². The number of rotatable bonds is 5. The molecule has 1 aromatic heterocycles. The van der Waals surface area contributed by atoms with E-state index in [0.717, 1.165) is 0 Å². The Kier molecular flexibility index (Phi) is 5.58. The molecule has 0 bridgehead atoms. The number of H-pyrrole nitrogens is 1. The van der Waals surface area contributed by atoms with Gasteiger partial charge in [-0.25, -0.2) is 0 Å². The van der Waals surface area contributed by atoms with E-state index in [0.29, 0.717) is 28.1 Å². The zero-order valence-corrected chi connectivity index (χ0v) is 17.3. The van der Waals surface area contributed by atoms with Gasteiger partial charge in [0.2, 0.25) is 5.91 Å². The van der Waals surface area contributed by atoms with Crippen molar-refractivity contribution in [2.75, 3.05) is 19.5 Å². The number of phenols is 1. The minimum atomic E-state index is -1.18. The van der Waals surface area contributed by atoms with Crippen molar-refractivity contribution < 1.29 is 29.3 Å². The molecule has 8 nitrogen and oxygen atoms in total. The molecule has 3 aromatic rings. The highest BCUT2D eigenvalue weighted by Crippen LogP contribution is 2.38. The first-order valence-electron chi connectivity index (χ1n) is 9.70. The molecule has 4 N–H and O–H groups in total. The average Bonchev–Trinajstić information content (AvgIpc) is 3.41. The first-order chi connectivity index (χ1) is 15.4. The van der Waals surface area contributed by atoms with Crippen molar-refractivity contribution >= 4 is 17.4 Å². The molecule has 2 atom stereocenters. The number of aromatic hydroxyl groups is 1. The Morgan fingerprint density at radius 1 is 1.12 bits per heavy atom. The third-order valence-corrected chi connectivity index (χ3v) is 5.22. The zero-order chi connectivity index (χ0) is 22.8. The van der Waals surface area contributed by atoms with Gasteiger partial charge in [-0.15, -0.1) is 0 Å². The molecule has 2 unspecified atom stereocenters. The number of aliphatic hydroxyl groups excluding tert-OH is 1. The number of hydrogen-bond acceptors (Lipinski definition) is 6. The predicted octanol–water partition coefficient (Wildman–Crippen LogP) is 2.74. The SMILES string of the molecule is COc1cc(C(O)C#Cc2cccc3c2C(C(=O)c2[nH]ccc2OC)C(=O)N3)ccc1O. The van der Waals surface area contributed by atoms with Gasteiger partial charge < -0.3 is 30.0 Å². The molecule has 0 aliphatic carbocycles. The van der Waals surface area contributed by atoms with Crippen LogP contribution in [0.4, 0.5) is 5.69 Å². The minimum Gasteiger partial charge on any atom is -0.504 e. The van der Waals surface area contributed by atoms with Gasteiger partial charge in [0.25, 0.3) is 0 Å². The number of phenolic OH excluding ortho intramolecular Hbond substituents is 1. The topological polar surface area (TPSA) is 121 Å². The summed E-state index contributed by atoms with van der Waals surface area (Å²) in [5.41, 5.74) is 2.00. The molecule has 8 heteroatoms. The molecular formula is C24H20N2O6. The van der Waals surface area contributed by atoms with Crippen LogP contribution in [0.2, 0.25) is 0 Å². The number of amides is 1. The maximum atomic E-state index is 13.2. The highest BCUT2D eigenvalue weighted by molar-refractivity contribution is 6.22. The molecule has 162 valence electrons. The number of anilines is 1. The lowest BCUT2D eigenvalue weighted by Crippen LogP contribution is -2.22. The zero-order valence-electron chi connectivity index (χ0n) is 17.3. The fraction of sp³-hybridized carbons (Fsp3) is 0.167. The van der Waals surface area contributed by atoms with E-state index in [2.05, 4.69) is 22.1 Å². The lowest BCUT2D eigenvalue weighted by Gasteiger charge is -2.11. The number of aliphatic hydroxyl groups is 1. The van der Waals surface area contributed by atoms with Gasteiger partial charge in [0, 0.05) is 23.0 Å². The molecule has 1 aliphatic heterocycles. The number of ether oxygens (including phenoxy) is 2. The van der Waals surface area contributed by atoms with Crippen LogP contribution < -0.4 is 14.8 Å². The number of carbonyl (C=O) groups excluding carboxylic acids is 2. The van der Waals surface area contributed by atoms with Gasteiger partial charge in [0.15, 0.2) is 17.3 Å². The lowest BCUT2D eigenvalue weighted by molar-refractivity contribution is -0.116. The van der Waals surface area contributed by atoms with Crippen molar-refractivity contribution in [3.63, 3.8) is 0 Å². The number of methoxy groups -OCH3 is 2. The largest absolute Gasteiger partial charge is 0.504 e. The van der Waals surface area contributed by atoms with E-state index >= 15 is 0 Å². The Morgan fingerprint density at radius 3 is 2.66 bits per heavy atom. The van der Waals surface area contributed by atoms with Gasteiger partial charge in [0.05, 0.1) is 14.2 Å². The number of aromatic amines is 1. The third kappa shape index (κ3) is 3.66. The second kappa shape index (κ2) is 8.49. The van der Waals surface area contributed by atoms with E-state index in [-0.39, 0.29) is 17.2 Å². The van der Waals surface area contributed by atoms with E-state index < -0.39 is 23.7 Å². The molecule has 0 saturated carbocycles. The molecule has 32 heavy (non-hydrogen) atoms. The van der Waals surface area contributed by atoms with Crippen molar-refractivity contribution in [1.82, 2.24) is 4.98 Å². The number of hydrogen-bond donors (Lipinski definition) is 4. The van der Waals surface area contributed by atoms with Crippen LogP contribution in [-0.4, -0.2) is 41.1 Å². The van der Waals surface area contributed by atoms with Gasteiger partial charge in [-0.1, -0.05) is 24.0 Å². The van der Waals surface area contributed by atoms with Crippen LogP contribution in [0.25, 0.3) is 0 Å². The number of carbonyl (C=O) groups is 2. The van der Waals surface area contributed by atoms with Crippen LogP contribution in [-0.2, 0) is 4.79 Å². The second-order valence-corrected chi connectivity index (χ2v) is 7.08. The molecule has 0 fully saturated rings. The Balaban J connectivity index is 1.70. The molecule has 2 aromatic carbocycles. The van der Waals surface area contributed by atoms with Gasteiger partial charge in [0.1, 0.15) is 23.5 Å². The van der Waals surface area contributed by atoms with Crippen LogP contribution in [0.3, 0.4) is 0 Å². The molecule has 4 rings (SSSR count). The summed E-state index contributed by atoms with van der Waals surface area (Å²) < 4.78 is 10.3. The first-order valence-corrected chi connectivity index (χ1v) is 9.70. The Hall–Kier alpha value is -4.22. The Labute approximate surface area is 183 Å². The molecule has 1 aliphatic rings. The number of ketones is 1. The summed E-state index contributed by atoms with van der Waals surface area (Å²) in [5.74, 6) is 4.12. The Morgan fingerprint density at radius 2 is 1.91 bits per heavy atom. The van der Waals surface area contributed by atoms with Crippen molar-refractivity contribution in [3.05, 3.63) is 71.0 Å². The van der Waals surface area contributed by atoms with E-state index in [1.54, 1.807) is 30.5 Å². The minimum absolute atomic E-state index is 0.0528. The van der Waals surface area contributed by atoms with E-state index in [4.69, 9.17) is 9.47 Å². The van der Waals surface area contributed by atoms with Crippen LogP contribution in [0, 0.1) is 11.8 Å². The first kappa shape index (κ1) is 21.0. The highest BCUT2D eigenvalue weighted by atomic mass is 16.5. The van der Waals surface area contributed by atoms with Gasteiger partial charge in [-0.2, -0.15) is 0 Å². The summed E-state index contributed by atoms with van der Waals surface area (Å²) in [5, 5.41) is 23.0. The summed E-state index contributed by atoms with van der Waals surface area (Å²) in [4.78, 5) is 28.7. The molecule has 1 amide bonds. The standard InChI is InChI=1S/C24H20N2O6/c1-31-18-10-11-25-22(18)23(29)21-20-13(4-3-5-15(20)26-24(21)30)6-8-16(27)14-7-9-17(28)19(12-14)32-2/h3-5,7,9-12,16,21,25,27-28H,1-2H3,(H,26,30).